The average molecular weight is 1560 g/mol. The van der Waals surface area contributed by atoms with Gasteiger partial charge >= 0.3 is 0 Å². The van der Waals surface area contributed by atoms with Crippen molar-refractivity contribution in [3.8, 4) is 0 Å². The monoisotopic (exact) mass is 1560 g/mol. The first-order chi connectivity index (χ1) is 51.8. The van der Waals surface area contributed by atoms with Crippen LogP contribution in [0.1, 0.15) is 427 Å². The van der Waals surface area contributed by atoms with E-state index in [1.807, 2.05) is 30.6 Å². The van der Waals surface area contributed by atoms with Gasteiger partial charge in [-0.25, -0.2) is 0 Å². The van der Waals surface area contributed by atoms with Gasteiger partial charge in [0.2, 0.25) is 0 Å². The topological polar surface area (TPSA) is 124 Å². The number of aromatic nitrogens is 1. The summed E-state index contributed by atoms with van der Waals surface area (Å²) >= 11 is 0. The highest BCUT2D eigenvalue weighted by Crippen LogP contribution is 2.31. The van der Waals surface area contributed by atoms with Gasteiger partial charge in [-0.3, -0.25) is 0 Å². The quantitative estimate of drug-likeness (QED) is 0.0607. The zero-order chi connectivity index (χ0) is 85.9. The van der Waals surface area contributed by atoms with Gasteiger partial charge in [0.1, 0.15) is 0 Å². The van der Waals surface area contributed by atoms with Crippen molar-refractivity contribution in [2.75, 3.05) is 13.1 Å². The molecule has 3 aromatic rings. The molecule has 4 atom stereocenters. The first-order valence-electron chi connectivity index (χ1n) is 46.2. The van der Waals surface area contributed by atoms with E-state index in [9.17, 15) is 0 Å². The lowest BCUT2D eigenvalue weighted by Gasteiger charge is -2.42. The summed E-state index contributed by atoms with van der Waals surface area (Å²) in [4.78, 5) is 2.86. The van der Waals surface area contributed by atoms with Crippen molar-refractivity contribution in [1.29, 1.82) is 0 Å². The van der Waals surface area contributed by atoms with Crippen LogP contribution in [0.5, 0.6) is 0 Å². The lowest BCUT2D eigenvalue weighted by molar-refractivity contribution is 0.183. The molecular weight excluding hydrogens is 1370 g/mol. The van der Waals surface area contributed by atoms with Crippen LogP contribution in [0.2, 0.25) is 0 Å². The van der Waals surface area contributed by atoms with Crippen molar-refractivity contribution in [2.24, 2.45) is 22.7 Å². The summed E-state index contributed by atoms with van der Waals surface area (Å²) in [5.74, 6) is 1.47. The van der Waals surface area contributed by atoms with E-state index in [4.69, 9.17) is 0 Å². The van der Waals surface area contributed by atoms with Gasteiger partial charge in [-0.1, -0.05) is 273 Å². The fraction of sp³-hybridized carbons (Fsp3) is 0.804. The van der Waals surface area contributed by atoms with E-state index in [2.05, 4.69) is 357 Å². The van der Waals surface area contributed by atoms with E-state index < -0.39 is 0 Å². The van der Waals surface area contributed by atoms with Gasteiger partial charge in [-0.05, 0) is 259 Å². The average Bonchev–Trinajstić information content (AvgIpc) is 1.33. The maximum absolute atomic E-state index is 3.86. The number of H-pyrrole nitrogens is 1. The van der Waals surface area contributed by atoms with Crippen LogP contribution in [0.3, 0.4) is 0 Å². The molecule has 6 aliphatic rings. The highest BCUT2D eigenvalue weighted by molar-refractivity contribution is 5.43. The SMILES string of the molecule is C1CCC(NC2CCCCC2)CC1.CC(C)(C)CNCC(C)(C)C.CC(C)(C)NC(C)(C)C.CC(C)C(C)NC(C)C(C)C.CC(C)NC(C)C.CC(C)NC(C)c1ccccc1.CC(C)NC1CCCCC1.CC(NC1CCCCC1)c1ccccc1.CC1(C)CCCC(C)(C)N1.CC1=C(C)C(C)=C(C)C1.c1cc[nH]c1. The van der Waals surface area contributed by atoms with Crippen LogP contribution in [0.15, 0.2) is 107 Å². The summed E-state index contributed by atoms with van der Waals surface area (Å²) in [5, 5.41) is 32.1. The van der Waals surface area contributed by atoms with Crippen LogP contribution < -0.4 is 47.9 Å². The predicted octanol–water partition coefficient (Wildman–Crippen LogP) is 27.3. The molecule has 1 aliphatic heterocycles. The molecule has 10 heteroatoms. The summed E-state index contributed by atoms with van der Waals surface area (Å²) in [6, 6.07) is 33.1. The van der Waals surface area contributed by atoms with Crippen LogP contribution in [-0.4, -0.2) is 101 Å². The molecule has 0 amide bonds. The van der Waals surface area contributed by atoms with Gasteiger partial charge in [-0.2, -0.15) is 0 Å². The van der Waals surface area contributed by atoms with Gasteiger partial charge in [0.15, 0.2) is 0 Å². The minimum atomic E-state index is 0.234. The van der Waals surface area contributed by atoms with E-state index in [0.717, 1.165) is 49.1 Å². The molecule has 5 aliphatic carbocycles. The molecule has 9 rings (SSSR count). The molecule has 5 fully saturated rings. The maximum Gasteiger partial charge on any atom is 0.0294 e. The van der Waals surface area contributed by atoms with Crippen molar-refractivity contribution < 1.29 is 0 Å². The molecule has 0 radical (unpaired) electrons. The highest BCUT2D eigenvalue weighted by Gasteiger charge is 2.32. The normalized spacial score (nSPS) is 18.8. The molecule has 1 aromatic heterocycles. The molecule has 4 unspecified atom stereocenters. The lowest BCUT2D eigenvalue weighted by atomic mass is 9.83. The number of nitrogens with one attached hydrogen (secondary N) is 10. The molecule has 2 aromatic carbocycles. The number of aromatic amines is 1. The van der Waals surface area contributed by atoms with Crippen LogP contribution >= 0.6 is 0 Å². The number of piperidine rings is 1. The Hall–Kier alpha value is -3.16. The third-order valence-electron chi connectivity index (χ3n) is 21.5. The molecule has 4 saturated carbocycles. The largest absolute Gasteiger partial charge is 0.368 e. The maximum atomic E-state index is 3.86. The molecule has 1 saturated heterocycles. The van der Waals surface area contributed by atoms with Gasteiger partial charge in [0.25, 0.3) is 0 Å². The van der Waals surface area contributed by atoms with E-state index in [0.29, 0.717) is 70.2 Å². The summed E-state index contributed by atoms with van der Waals surface area (Å²) < 4.78 is 0. The van der Waals surface area contributed by atoms with Crippen molar-refractivity contribution in [3.63, 3.8) is 0 Å². The molecule has 0 spiro atoms. The highest BCUT2D eigenvalue weighted by atomic mass is 15.0. The minimum absolute atomic E-state index is 0.234. The van der Waals surface area contributed by atoms with Crippen molar-refractivity contribution in [1.82, 2.24) is 52.8 Å². The molecular formula is C102H198N10. The number of hydrogen-bond donors (Lipinski definition) is 10. The Morgan fingerprint density at radius 1 is 0.366 bits per heavy atom. The van der Waals surface area contributed by atoms with Crippen molar-refractivity contribution in [2.45, 2.75) is 498 Å². The molecule has 10 N–H and O–H groups in total. The molecule has 10 nitrogen and oxygen atoms in total. The van der Waals surface area contributed by atoms with Crippen molar-refractivity contribution in [3.05, 3.63) is 119 Å². The van der Waals surface area contributed by atoms with E-state index >= 15 is 0 Å². The Balaban J connectivity index is 0. The third-order valence-corrected chi connectivity index (χ3v) is 21.5. The van der Waals surface area contributed by atoms with Crippen LogP contribution in [0, 0.1) is 22.7 Å². The first kappa shape index (κ1) is 111. The molecule has 0 bridgehead atoms. The smallest absolute Gasteiger partial charge is 0.0294 e. The standard InChI is InChI=1S/C14H21N.C12H23N.C11H17N.2C10H23N.2C9H19N.C9H14.C8H19N.C6H15N.C4H5N/c1-12(13-8-4-2-5-9-13)15-14-10-6-3-7-11-14;1-3-7-11(8-4-1)13-12-9-5-2-6-10-12;1-9(2)12-10(3)11-7-5-4-6-8-11;1-9(2,3)7-11-8-10(4,5)6;1-7(2)9(5)11-10(6)8(3)4;1-8(2)6-5-7-9(3,4)10-8;1-8(2)10-9-6-4-3-5-7-9;1-6-5-7(2)9(4)8(6)3;1-7(2,3)9-8(4,5)6;1-5(2)7-6(3)4;1-2-4-5-3-1/h2,4-5,8-9,12,14-15H,3,6-7,10-11H2,1H3;11-13H,1-10H2;4-10,12H,1-3H3;11H,7-8H2,1-6H3;7-11H,1-6H3;10H,5-7H2,1-4H3;8-10H,3-7H2,1-2H3;5H2,1-4H3;9H,1-6H3;5-7H,1-4H3;1-5H. The Morgan fingerprint density at radius 3 is 0.920 bits per heavy atom. The van der Waals surface area contributed by atoms with E-state index in [-0.39, 0.29) is 11.1 Å². The number of rotatable bonds is 18. The van der Waals surface area contributed by atoms with Gasteiger partial charge < -0.3 is 52.8 Å². The second kappa shape index (κ2) is 60.3. The Bertz CT molecular complexity index is 2550. The molecule has 112 heavy (non-hydrogen) atoms. The first-order valence-corrected chi connectivity index (χ1v) is 46.2. The van der Waals surface area contributed by atoms with E-state index in [1.165, 1.54) is 176 Å². The molecule has 2 heterocycles. The molecule has 656 valence electrons. The summed E-state index contributed by atoms with van der Waals surface area (Å²) in [7, 11) is 0. The fourth-order valence-corrected chi connectivity index (χ4v) is 15.4. The number of benzene rings is 2. The Kier molecular flexibility index (Phi) is 59.7. The van der Waals surface area contributed by atoms with Gasteiger partial charge in [-0.15, -0.1) is 0 Å². The second-order valence-electron chi connectivity index (χ2n) is 42.3. The lowest BCUT2D eigenvalue weighted by Crippen LogP contribution is -2.55. The van der Waals surface area contributed by atoms with Crippen LogP contribution in [0.25, 0.3) is 0 Å². The summed E-state index contributed by atoms with van der Waals surface area (Å²) in [5.41, 5.74) is 10.9. The fourth-order valence-electron chi connectivity index (χ4n) is 15.4. The summed E-state index contributed by atoms with van der Waals surface area (Å²) in [6.07, 6.45) is 37.6. The van der Waals surface area contributed by atoms with Crippen LogP contribution in [0.4, 0.5) is 0 Å². The summed E-state index contributed by atoms with van der Waals surface area (Å²) in [6.45, 7) is 82.2. The predicted molar refractivity (Wildman–Crippen MR) is 507 cm³/mol. The van der Waals surface area contributed by atoms with E-state index in [1.54, 1.807) is 11.1 Å². The second-order valence-corrected chi connectivity index (χ2v) is 42.3. The number of allylic oxidation sites excluding steroid dienone is 4. The zero-order valence-corrected chi connectivity index (χ0v) is 81.6. The Morgan fingerprint density at radius 2 is 0.688 bits per heavy atom. The minimum Gasteiger partial charge on any atom is -0.368 e. The zero-order valence-electron chi connectivity index (χ0n) is 81.6. The van der Waals surface area contributed by atoms with Crippen molar-refractivity contribution >= 4 is 0 Å². The van der Waals surface area contributed by atoms with Crippen LogP contribution in [-0.2, 0) is 0 Å². The number of hydrogen-bond acceptors (Lipinski definition) is 9. The van der Waals surface area contributed by atoms with Gasteiger partial charge in [0.05, 0.1) is 0 Å². The van der Waals surface area contributed by atoms with Gasteiger partial charge in [0, 0.05) is 120 Å². The Labute approximate surface area is 701 Å². The third kappa shape index (κ3) is 66.8.